The summed E-state index contributed by atoms with van der Waals surface area (Å²) in [7, 11) is 1.62. The molecule has 0 aliphatic carbocycles. The van der Waals surface area contributed by atoms with Gasteiger partial charge in [-0.15, -0.1) is 11.8 Å². The summed E-state index contributed by atoms with van der Waals surface area (Å²) < 4.78 is 11.0. The van der Waals surface area contributed by atoms with Crippen molar-refractivity contribution in [2.45, 2.75) is 17.7 Å². The van der Waals surface area contributed by atoms with Crippen LogP contribution in [0.1, 0.15) is 12.3 Å². The van der Waals surface area contributed by atoms with E-state index >= 15 is 0 Å². The van der Waals surface area contributed by atoms with E-state index in [1.54, 1.807) is 25.1 Å². The maximum absolute atomic E-state index is 12.1. The number of nitrogens with one attached hydrogen (secondary N) is 1. The van der Waals surface area contributed by atoms with Crippen molar-refractivity contribution in [1.29, 1.82) is 0 Å². The molecule has 1 amide bonds. The summed E-state index contributed by atoms with van der Waals surface area (Å²) in [5, 5.41) is 2.90. The van der Waals surface area contributed by atoms with E-state index in [-0.39, 0.29) is 5.91 Å². The van der Waals surface area contributed by atoms with Crippen molar-refractivity contribution >= 4 is 23.4 Å². The van der Waals surface area contributed by atoms with E-state index in [9.17, 15) is 4.79 Å². The Morgan fingerprint density at radius 3 is 2.88 bits per heavy atom. The highest BCUT2D eigenvalue weighted by molar-refractivity contribution is 7.98. The molecule has 0 unspecified atom stereocenters. The number of carbonyl (C=O) groups excluding carboxylic acids is 1. The van der Waals surface area contributed by atoms with Crippen molar-refractivity contribution in [3.63, 3.8) is 0 Å². The number of oxazole rings is 1. The molecule has 1 N–H and O–H groups in total. The van der Waals surface area contributed by atoms with Gasteiger partial charge in [0.25, 0.3) is 0 Å². The summed E-state index contributed by atoms with van der Waals surface area (Å²) in [6.07, 6.45) is 4.42. The molecule has 0 saturated heterocycles. The molecule has 6 heteroatoms. The molecule has 2 aromatic carbocycles. The van der Waals surface area contributed by atoms with Gasteiger partial charge < -0.3 is 14.5 Å². The lowest BCUT2D eigenvalue weighted by Gasteiger charge is -2.05. The number of rotatable bonds is 7. The number of hydrogen-bond acceptors (Lipinski definition) is 5. The van der Waals surface area contributed by atoms with Crippen molar-refractivity contribution in [1.82, 2.24) is 4.98 Å². The summed E-state index contributed by atoms with van der Waals surface area (Å²) in [6, 6.07) is 15.3. The summed E-state index contributed by atoms with van der Waals surface area (Å²) >= 11 is 1.64. The number of ether oxygens (including phenoxy) is 1. The first-order chi connectivity index (χ1) is 12.7. The van der Waals surface area contributed by atoms with Crippen LogP contribution in [0.3, 0.4) is 0 Å². The molecule has 26 heavy (non-hydrogen) atoms. The van der Waals surface area contributed by atoms with Crippen LogP contribution < -0.4 is 10.1 Å². The highest BCUT2D eigenvalue weighted by atomic mass is 32.2. The number of aromatic nitrogens is 1. The Bertz CT molecular complexity index is 892. The van der Waals surface area contributed by atoms with Gasteiger partial charge in [0, 0.05) is 29.0 Å². The van der Waals surface area contributed by atoms with Crippen molar-refractivity contribution in [2.75, 3.05) is 18.7 Å². The molecule has 0 aliphatic heterocycles. The Hall–Kier alpha value is -2.73. The lowest BCUT2D eigenvalue weighted by Crippen LogP contribution is -2.12. The van der Waals surface area contributed by atoms with Gasteiger partial charge in [-0.25, -0.2) is 4.98 Å². The SMILES string of the molecule is COc1cccc(-c2cnc(CCC(=O)Nc3cccc(SC)c3)o2)c1. The third-order valence-corrected chi connectivity index (χ3v) is 4.55. The molecule has 5 nitrogen and oxygen atoms in total. The Balaban J connectivity index is 1.58. The number of anilines is 1. The number of aryl methyl sites for hydroxylation is 1. The van der Waals surface area contributed by atoms with Gasteiger partial charge in [-0.3, -0.25) is 4.79 Å². The normalized spacial score (nSPS) is 10.5. The molecular weight excluding hydrogens is 348 g/mol. The quantitative estimate of drug-likeness (QED) is 0.615. The minimum absolute atomic E-state index is 0.0654. The van der Waals surface area contributed by atoms with E-state index in [4.69, 9.17) is 9.15 Å². The fourth-order valence-corrected chi connectivity index (χ4v) is 2.94. The van der Waals surface area contributed by atoms with Gasteiger partial charge in [0.15, 0.2) is 11.7 Å². The van der Waals surface area contributed by atoms with Crippen LogP contribution >= 0.6 is 11.8 Å². The number of benzene rings is 2. The molecule has 0 spiro atoms. The molecule has 0 bridgehead atoms. The van der Waals surface area contributed by atoms with Crippen molar-refractivity contribution in [3.05, 3.63) is 60.6 Å². The molecule has 1 aromatic heterocycles. The van der Waals surface area contributed by atoms with Crippen molar-refractivity contribution in [2.24, 2.45) is 0 Å². The number of methoxy groups -OCH3 is 1. The second-order valence-electron chi connectivity index (χ2n) is 5.63. The Labute approximate surface area is 156 Å². The third kappa shape index (κ3) is 4.67. The number of thioether (sulfide) groups is 1. The fourth-order valence-electron chi connectivity index (χ4n) is 2.48. The highest BCUT2D eigenvalue weighted by Crippen LogP contribution is 2.25. The first kappa shape index (κ1) is 18.1. The summed E-state index contributed by atoms with van der Waals surface area (Å²) in [5.41, 5.74) is 1.69. The van der Waals surface area contributed by atoms with E-state index in [0.29, 0.717) is 24.5 Å². The predicted molar refractivity (Wildman–Crippen MR) is 104 cm³/mol. The Kier molecular flexibility index (Phi) is 5.96. The summed E-state index contributed by atoms with van der Waals surface area (Å²) in [4.78, 5) is 17.5. The lowest BCUT2D eigenvalue weighted by molar-refractivity contribution is -0.116. The molecule has 0 saturated carbocycles. The van der Waals surface area contributed by atoms with Gasteiger partial charge in [-0.2, -0.15) is 0 Å². The minimum atomic E-state index is -0.0654. The van der Waals surface area contributed by atoms with E-state index < -0.39 is 0 Å². The summed E-state index contributed by atoms with van der Waals surface area (Å²) in [6.45, 7) is 0. The molecule has 0 aliphatic rings. The molecule has 3 rings (SSSR count). The van der Waals surface area contributed by atoms with Gasteiger partial charge in [-0.1, -0.05) is 18.2 Å². The van der Waals surface area contributed by atoms with Crippen LogP contribution in [0.4, 0.5) is 5.69 Å². The second kappa shape index (κ2) is 8.58. The van der Waals surface area contributed by atoms with Gasteiger partial charge in [-0.05, 0) is 36.6 Å². The highest BCUT2D eigenvalue weighted by Gasteiger charge is 2.10. The first-order valence-electron chi connectivity index (χ1n) is 8.21. The lowest BCUT2D eigenvalue weighted by atomic mass is 10.2. The van der Waals surface area contributed by atoms with Crippen LogP contribution in [-0.2, 0) is 11.2 Å². The number of nitrogens with zero attached hydrogens (tertiary/aromatic N) is 1. The molecule has 0 fully saturated rings. The standard InChI is InChI=1S/C20H20N2O3S/c1-24-16-7-3-5-14(11-16)18-13-21-20(25-18)10-9-19(23)22-15-6-4-8-17(12-15)26-2/h3-8,11-13H,9-10H2,1-2H3,(H,22,23). The summed E-state index contributed by atoms with van der Waals surface area (Å²) in [5.74, 6) is 1.89. The van der Waals surface area contributed by atoms with Crippen LogP contribution in [0.15, 0.2) is 64.0 Å². The fraction of sp³-hybridized carbons (Fsp3) is 0.200. The minimum Gasteiger partial charge on any atom is -0.497 e. The van der Waals surface area contributed by atoms with Crippen molar-refractivity contribution < 1.29 is 13.9 Å². The van der Waals surface area contributed by atoms with E-state index in [2.05, 4.69) is 10.3 Å². The average molecular weight is 368 g/mol. The van der Waals surface area contributed by atoms with Crippen LogP contribution in [0.5, 0.6) is 5.75 Å². The first-order valence-corrected chi connectivity index (χ1v) is 9.43. The molecule has 1 heterocycles. The average Bonchev–Trinajstić information content (AvgIpc) is 3.16. The smallest absolute Gasteiger partial charge is 0.224 e. The largest absolute Gasteiger partial charge is 0.497 e. The van der Waals surface area contributed by atoms with E-state index in [0.717, 1.165) is 21.9 Å². The van der Waals surface area contributed by atoms with E-state index in [1.165, 1.54) is 0 Å². The number of carbonyl (C=O) groups is 1. The van der Waals surface area contributed by atoms with Gasteiger partial charge in [0.1, 0.15) is 5.75 Å². The molecule has 134 valence electrons. The Morgan fingerprint density at radius 2 is 2.08 bits per heavy atom. The zero-order valence-electron chi connectivity index (χ0n) is 14.7. The van der Waals surface area contributed by atoms with Crippen LogP contribution in [0.2, 0.25) is 0 Å². The zero-order valence-corrected chi connectivity index (χ0v) is 15.5. The third-order valence-electron chi connectivity index (χ3n) is 3.83. The predicted octanol–water partition coefficient (Wildman–Crippen LogP) is 4.64. The van der Waals surface area contributed by atoms with Gasteiger partial charge in [0.05, 0.1) is 13.3 Å². The van der Waals surface area contributed by atoms with Gasteiger partial charge >= 0.3 is 0 Å². The molecule has 0 radical (unpaired) electrons. The maximum Gasteiger partial charge on any atom is 0.224 e. The zero-order chi connectivity index (χ0) is 18.4. The molecule has 0 atom stereocenters. The van der Waals surface area contributed by atoms with Crippen LogP contribution in [0.25, 0.3) is 11.3 Å². The Morgan fingerprint density at radius 1 is 1.23 bits per heavy atom. The number of hydrogen-bond donors (Lipinski definition) is 1. The molecule has 3 aromatic rings. The van der Waals surface area contributed by atoms with Crippen LogP contribution in [-0.4, -0.2) is 24.3 Å². The monoisotopic (exact) mass is 368 g/mol. The van der Waals surface area contributed by atoms with Gasteiger partial charge in [0.2, 0.25) is 5.91 Å². The number of amides is 1. The van der Waals surface area contributed by atoms with E-state index in [1.807, 2.05) is 54.8 Å². The molecular formula is C20H20N2O3S. The second-order valence-corrected chi connectivity index (χ2v) is 6.51. The van der Waals surface area contributed by atoms with Crippen molar-refractivity contribution in [3.8, 4) is 17.1 Å². The topological polar surface area (TPSA) is 64.4 Å². The maximum atomic E-state index is 12.1. The van der Waals surface area contributed by atoms with Crippen LogP contribution in [0, 0.1) is 0 Å².